The molecule has 1 aliphatic heterocycles. The zero-order valence-electron chi connectivity index (χ0n) is 9.83. The highest BCUT2D eigenvalue weighted by Crippen LogP contribution is 2.24. The van der Waals surface area contributed by atoms with Gasteiger partial charge in [0.25, 0.3) is 0 Å². The van der Waals surface area contributed by atoms with Gasteiger partial charge in [0.1, 0.15) is 0 Å². The number of aliphatic hydroxyl groups is 1. The smallest absolute Gasteiger partial charge is 0.0695 e. The minimum absolute atomic E-state index is 0.0524. The lowest BCUT2D eigenvalue weighted by Gasteiger charge is -2.38. The highest BCUT2D eigenvalue weighted by molar-refractivity contribution is 4.82. The third-order valence-corrected chi connectivity index (χ3v) is 4.05. The maximum atomic E-state index is 10.2. The van der Waals surface area contributed by atoms with Crippen LogP contribution in [0.1, 0.15) is 57.8 Å². The summed E-state index contributed by atoms with van der Waals surface area (Å²) in [7, 11) is 0. The largest absolute Gasteiger partial charge is 0.391 e. The molecule has 88 valence electrons. The number of hydrogen-bond acceptors (Lipinski definition) is 2. The minimum atomic E-state index is -0.0524. The molecule has 1 N–H and O–H groups in total. The topological polar surface area (TPSA) is 23.5 Å². The van der Waals surface area contributed by atoms with E-state index in [1.54, 1.807) is 0 Å². The third-order valence-electron chi connectivity index (χ3n) is 4.05. The van der Waals surface area contributed by atoms with E-state index in [1.807, 2.05) is 0 Å². The summed E-state index contributed by atoms with van der Waals surface area (Å²) in [6.07, 6.45) is 11.5. The van der Waals surface area contributed by atoms with Gasteiger partial charge >= 0.3 is 0 Å². The van der Waals surface area contributed by atoms with E-state index in [0.29, 0.717) is 6.04 Å². The number of nitrogens with zero attached hydrogens (tertiary/aromatic N) is 1. The predicted octanol–water partition coefficient (Wildman–Crippen LogP) is 2.56. The number of likely N-dealkylation sites (tertiary alicyclic amines) is 1. The molecule has 15 heavy (non-hydrogen) atoms. The van der Waals surface area contributed by atoms with Crippen molar-refractivity contribution in [2.24, 2.45) is 0 Å². The minimum Gasteiger partial charge on any atom is -0.391 e. The van der Waals surface area contributed by atoms with E-state index in [1.165, 1.54) is 64.5 Å². The highest BCUT2D eigenvalue weighted by atomic mass is 16.3. The first-order chi connectivity index (χ1) is 7.38. The second-order valence-electron chi connectivity index (χ2n) is 5.22. The summed E-state index contributed by atoms with van der Waals surface area (Å²) < 4.78 is 0. The Bertz CT molecular complexity index is 177. The zero-order valence-corrected chi connectivity index (χ0v) is 9.83. The maximum absolute atomic E-state index is 10.2. The molecule has 0 aromatic heterocycles. The monoisotopic (exact) mass is 211 g/mol. The lowest BCUT2D eigenvalue weighted by atomic mass is 9.92. The van der Waals surface area contributed by atoms with Crippen LogP contribution in [-0.2, 0) is 0 Å². The molecule has 0 amide bonds. The molecular weight excluding hydrogens is 186 g/mol. The average Bonchev–Trinajstić information content (AvgIpc) is 2.25. The zero-order chi connectivity index (χ0) is 10.5. The number of hydrogen-bond donors (Lipinski definition) is 1. The normalized spacial score (nSPS) is 35.8. The van der Waals surface area contributed by atoms with Gasteiger partial charge in [0.2, 0.25) is 0 Å². The highest BCUT2D eigenvalue weighted by Gasteiger charge is 2.27. The predicted molar refractivity (Wildman–Crippen MR) is 62.9 cm³/mol. The molecule has 2 nitrogen and oxygen atoms in total. The molecule has 2 atom stereocenters. The van der Waals surface area contributed by atoms with Gasteiger partial charge in [0, 0.05) is 6.04 Å². The number of aliphatic hydroxyl groups excluding tert-OH is 1. The van der Waals surface area contributed by atoms with Gasteiger partial charge in [-0.2, -0.15) is 0 Å². The molecule has 1 saturated heterocycles. The Balaban J connectivity index is 1.90. The second-order valence-corrected chi connectivity index (χ2v) is 5.22. The van der Waals surface area contributed by atoms with Crippen LogP contribution in [0.15, 0.2) is 0 Å². The fourth-order valence-corrected chi connectivity index (χ4v) is 3.12. The van der Waals surface area contributed by atoms with Gasteiger partial charge in [-0.05, 0) is 38.8 Å². The van der Waals surface area contributed by atoms with Gasteiger partial charge in [0.15, 0.2) is 0 Å². The SMILES string of the molecule is OC1CCCCCCC1N1CCCCC1. The first-order valence-corrected chi connectivity index (χ1v) is 6.80. The first-order valence-electron chi connectivity index (χ1n) is 6.80. The Hall–Kier alpha value is -0.0800. The van der Waals surface area contributed by atoms with E-state index in [2.05, 4.69) is 4.90 Å². The van der Waals surface area contributed by atoms with Gasteiger partial charge in [-0.15, -0.1) is 0 Å². The first kappa shape index (κ1) is 11.4. The van der Waals surface area contributed by atoms with Crippen molar-refractivity contribution in [3.8, 4) is 0 Å². The summed E-state index contributed by atoms with van der Waals surface area (Å²) in [4.78, 5) is 2.56. The molecule has 2 fully saturated rings. The summed E-state index contributed by atoms with van der Waals surface area (Å²) in [5.41, 5.74) is 0. The van der Waals surface area contributed by atoms with Crippen molar-refractivity contribution in [1.82, 2.24) is 4.90 Å². The molecule has 2 unspecified atom stereocenters. The molecule has 0 aromatic carbocycles. The average molecular weight is 211 g/mol. The van der Waals surface area contributed by atoms with E-state index >= 15 is 0 Å². The molecule has 1 saturated carbocycles. The fourth-order valence-electron chi connectivity index (χ4n) is 3.12. The molecular formula is C13H25NO. The molecule has 0 bridgehead atoms. The van der Waals surface area contributed by atoms with E-state index in [4.69, 9.17) is 0 Å². The maximum Gasteiger partial charge on any atom is 0.0695 e. The van der Waals surface area contributed by atoms with Crippen molar-refractivity contribution >= 4 is 0 Å². The van der Waals surface area contributed by atoms with Crippen LogP contribution in [0.2, 0.25) is 0 Å². The van der Waals surface area contributed by atoms with Crippen LogP contribution in [0.4, 0.5) is 0 Å². The lowest BCUT2D eigenvalue weighted by molar-refractivity contribution is 0.0221. The van der Waals surface area contributed by atoms with Crippen LogP contribution in [0.3, 0.4) is 0 Å². The summed E-state index contributed by atoms with van der Waals surface area (Å²) in [5.74, 6) is 0. The summed E-state index contributed by atoms with van der Waals surface area (Å²) in [6.45, 7) is 2.45. The van der Waals surface area contributed by atoms with Crippen molar-refractivity contribution in [2.75, 3.05) is 13.1 Å². The standard InChI is InChI=1S/C13H25NO/c15-13-9-5-2-1-4-8-12(13)14-10-6-3-7-11-14/h12-13,15H,1-11H2. The Morgan fingerprint density at radius 2 is 1.33 bits per heavy atom. The van der Waals surface area contributed by atoms with Crippen molar-refractivity contribution in [1.29, 1.82) is 0 Å². The van der Waals surface area contributed by atoms with E-state index in [9.17, 15) is 5.11 Å². The van der Waals surface area contributed by atoms with Crippen LogP contribution in [0.25, 0.3) is 0 Å². The summed E-state index contributed by atoms with van der Waals surface area (Å²) in [5, 5.41) is 10.2. The molecule has 1 heterocycles. The molecule has 2 rings (SSSR count). The lowest BCUT2D eigenvalue weighted by Crippen LogP contribution is -2.46. The van der Waals surface area contributed by atoms with Gasteiger partial charge < -0.3 is 5.11 Å². The molecule has 0 radical (unpaired) electrons. The van der Waals surface area contributed by atoms with Crippen LogP contribution >= 0.6 is 0 Å². The van der Waals surface area contributed by atoms with E-state index in [0.717, 1.165) is 6.42 Å². The molecule has 0 spiro atoms. The van der Waals surface area contributed by atoms with E-state index < -0.39 is 0 Å². The summed E-state index contributed by atoms with van der Waals surface area (Å²) >= 11 is 0. The van der Waals surface area contributed by atoms with Gasteiger partial charge in [-0.3, -0.25) is 4.90 Å². The van der Waals surface area contributed by atoms with Crippen LogP contribution in [0.5, 0.6) is 0 Å². The van der Waals surface area contributed by atoms with E-state index in [-0.39, 0.29) is 6.10 Å². The van der Waals surface area contributed by atoms with Gasteiger partial charge in [0.05, 0.1) is 6.10 Å². The van der Waals surface area contributed by atoms with Crippen molar-refractivity contribution < 1.29 is 5.11 Å². The summed E-state index contributed by atoms with van der Waals surface area (Å²) in [6, 6.07) is 0.477. The molecule has 2 aliphatic rings. The molecule has 1 aliphatic carbocycles. The van der Waals surface area contributed by atoms with Crippen LogP contribution in [0, 0.1) is 0 Å². The van der Waals surface area contributed by atoms with Gasteiger partial charge in [-0.25, -0.2) is 0 Å². The van der Waals surface area contributed by atoms with Crippen molar-refractivity contribution in [3.63, 3.8) is 0 Å². The Labute approximate surface area is 93.7 Å². The number of rotatable bonds is 1. The quantitative estimate of drug-likeness (QED) is 0.720. The Morgan fingerprint density at radius 3 is 2.07 bits per heavy atom. The fraction of sp³-hybridized carbons (Fsp3) is 1.00. The molecule has 0 aromatic rings. The Kier molecular flexibility index (Phi) is 4.45. The van der Waals surface area contributed by atoms with Gasteiger partial charge in [-0.1, -0.05) is 32.1 Å². The van der Waals surface area contributed by atoms with Crippen LogP contribution < -0.4 is 0 Å². The second kappa shape index (κ2) is 5.86. The van der Waals surface area contributed by atoms with Crippen LogP contribution in [-0.4, -0.2) is 35.2 Å². The van der Waals surface area contributed by atoms with Crippen molar-refractivity contribution in [3.05, 3.63) is 0 Å². The van der Waals surface area contributed by atoms with Crippen molar-refractivity contribution in [2.45, 2.75) is 69.9 Å². The third kappa shape index (κ3) is 3.18. The Morgan fingerprint density at radius 1 is 0.733 bits per heavy atom. The number of piperidine rings is 1. The molecule has 2 heteroatoms.